The summed E-state index contributed by atoms with van der Waals surface area (Å²) in [4.78, 5) is 37.1. The van der Waals surface area contributed by atoms with Crippen molar-refractivity contribution in [3.63, 3.8) is 0 Å². The minimum atomic E-state index is -4.58. The fourth-order valence-corrected chi connectivity index (χ4v) is 3.89. The summed E-state index contributed by atoms with van der Waals surface area (Å²) >= 11 is 0.958. The summed E-state index contributed by atoms with van der Waals surface area (Å²) in [7, 11) is 0. The van der Waals surface area contributed by atoms with Crippen molar-refractivity contribution in [1.82, 2.24) is 9.78 Å². The number of aromatic nitrogens is 2. The highest BCUT2D eigenvalue weighted by atomic mass is 32.1. The maximum Gasteiger partial charge on any atom is 0.435 e. The summed E-state index contributed by atoms with van der Waals surface area (Å²) in [5, 5.41) is 6.29. The molecule has 2 rings (SSSR count). The fourth-order valence-electron chi connectivity index (χ4n) is 2.80. The molecule has 1 N–H and O–H groups in total. The number of amides is 1. The summed E-state index contributed by atoms with van der Waals surface area (Å²) in [6, 6.07) is 0.908. The van der Waals surface area contributed by atoms with Crippen LogP contribution in [-0.4, -0.2) is 34.0 Å². The molecule has 30 heavy (non-hydrogen) atoms. The van der Waals surface area contributed by atoms with E-state index in [1.165, 1.54) is 20.8 Å². The molecule has 2 aromatic heterocycles. The van der Waals surface area contributed by atoms with E-state index in [0.29, 0.717) is 10.4 Å². The van der Waals surface area contributed by atoms with Gasteiger partial charge in [-0.25, -0.2) is 4.79 Å². The Labute approximate surface area is 175 Å². The Morgan fingerprint density at radius 2 is 1.93 bits per heavy atom. The van der Waals surface area contributed by atoms with Gasteiger partial charge in [0.2, 0.25) is 5.91 Å². The second kappa shape index (κ2) is 8.99. The van der Waals surface area contributed by atoms with Gasteiger partial charge in [-0.15, -0.1) is 11.3 Å². The van der Waals surface area contributed by atoms with Gasteiger partial charge >= 0.3 is 12.1 Å². The van der Waals surface area contributed by atoms with Gasteiger partial charge in [-0.05, 0) is 39.3 Å². The minimum absolute atomic E-state index is 0.0909. The molecule has 0 aromatic carbocycles. The molecule has 0 aliphatic rings. The van der Waals surface area contributed by atoms with Crippen molar-refractivity contribution in [3.05, 3.63) is 33.5 Å². The first kappa shape index (κ1) is 23.6. The molecule has 0 bridgehead atoms. The van der Waals surface area contributed by atoms with Crippen LogP contribution in [0.25, 0.3) is 0 Å². The van der Waals surface area contributed by atoms with Crippen molar-refractivity contribution < 1.29 is 32.3 Å². The van der Waals surface area contributed by atoms with Crippen LogP contribution in [-0.2, 0) is 22.3 Å². The van der Waals surface area contributed by atoms with Crippen LogP contribution in [0.15, 0.2) is 6.07 Å². The predicted octanol–water partition coefficient (Wildman–Crippen LogP) is 4.23. The van der Waals surface area contributed by atoms with Gasteiger partial charge in [0.25, 0.3) is 0 Å². The number of ketones is 1. The number of carbonyl (C=O) groups excluding carboxylic acids is 3. The van der Waals surface area contributed by atoms with E-state index >= 15 is 0 Å². The Hall–Kier alpha value is -2.69. The number of anilines is 1. The van der Waals surface area contributed by atoms with Crippen molar-refractivity contribution in [3.8, 4) is 0 Å². The number of ether oxygens (including phenoxy) is 1. The maximum absolute atomic E-state index is 12.8. The van der Waals surface area contributed by atoms with Crippen LogP contribution in [0.3, 0.4) is 0 Å². The van der Waals surface area contributed by atoms with Gasteiger partial charge < -0.3 is 10.1 Å². The van der Waals surface area contributed by atoms with Crippen molar-refractivity contribution >= 4 is 34.0 Å². The zero-order valence-electron chi connectivity index (χ0n) is 17.1. The van der Waals surface area contributed by atoms with Gasteiger partial charge in [-0.1, -0.05) is 6.92 Å². The van der Waals surface area contributed by atoms with E-state index < -0.39 is 29.7 Å². The van der Waals surface area contributed by atoms with Crippen LogP contribution in [0.4, 0.5) is 18.2 Å². The number of Topliss-reactive ketones (excluding diaryl/α,β-unsaturated/α-hetero) is 1. The van der Waals surface area contributed by atoms with E-state index in [2.05, 4.69) is 10.4 Å². The number of hydrogen-bond acceptors (Lipinski definition) is 6. The standard InChI is InChI=1S/C19H22F3N3O4S/c1-6-29-18(28)14-11(4)15(12(5)26)30-17(14)23-16(27)9(2)8-25-10(3)7-13(24-25)19(20,21)22/h7,9H,6,8H2,1-5H3,(H,23,27). The number of esters is 1. The third-order valence-corrected chi connectivity index (χ3v) is 5.66. The molecule has 1 unspecified atom stereocenters. The number of aryl methyl sites for hydroxylation is 1. The number of carbonyl (C=O) groups is 3. The van der Waals surface area contributed by atoms with E-state index in [-0.39, 0.29) is 35.2 Å². The largest absolute Gasteiger partial charge is 0.462 e. The van der Waals surface area contributed by atoms with Gasteiger partial charge in [0.05, 0.1) is 29.5 Å². The zero-order chi connectivity index (χ0) is 22.8. The number of nitrogens with zero attached hydrogens (tertiary/aromatic N) is 2. The lowest BCUT2D eigenvalue weighted by atomic mass is 10.1. The van der Waals surface area contributed by atoms with Crippen LogP contribution >= 0.6 is 11.3 Å². The molecule has 7 nitrogen and oxygen atoms in total. The normalized spacial score (nSPS) is 12.5. The molecule has 0 saturated carbocycles. The van der Waals surface area contributed by atoms with E-state index in [1.54, 1.807) is 13.8 Å². The van der Waals surface area contributed by atoms with Crippen LogP contribution in [0.5, 0.6) is 0 Å². The average molecular weight is 445 g/mol. The molecular weight excluding hydrogens is 423 g/mol. The molecule has 1 amide bonds. The van der Waals surface area contributed by atoms with E-state index in [1.807, 2.05) is 0 Å². The molecule has 0 aliphatic carbocycles. The van der Waals surface area contributed by atoms with Gasteiger partial charge in [-0.3, -0.25) is 14.3 Å². The Morgan fingerprint density at radius 3 is 2.43 bits per heavy atom. The number of nitrogens with one attached hydrogen (secondary N) is 1. The quantitative estimate of drug-likeness (QED) is 0.509. The number of rotatable bonds is 7. The zero-order valence-corrected chi connectivity index (χ0v) is 18.0. The van der Waals surface area contributed by atoms with Gasteiger partial charge in [-0.2, -0.15) is 18.3 Å². The van der Waals surface area contributed by atoms with Crippen molar-refractivity contribution in [2.24, 2.45) is 5.92 Å². The highest BCUT2D eigenvalue weighted by molar-refractivity contribution is 7.18. The van der Waals surface area contributed by atoms with Crippen molar-refractivity contribution in [2.45, 2.75) is 47.3 Å². The smallest absolute Gasteiger partial charge is 0.435 e. The Morgan fingerprint density at radius 1 is 1.30 bits per heavy atom. The van der Waals surface area contributed by atoms with Crippen molar-refractivity contribution in [2.75, 3.05) is 11.9 Å². The fraction of sp³-hybridized carbons (Fsp3) is 0.474. The lowest BCUT2D eigenvalue weighted by molar-refractivity contribution is -0.141. The van der Waals surface area contributed by atoms with E-state index in [0.717, 1.165) is 22.1 Å². The van der Waals surface area contributed by atoms with Gasteiger partial charge in [0.1, 0.15) is 5.00 Å². The SMILES string of the molecule is CCOC(=O)c1c(NC(=O)C(C)Cn2nc(C(F)(F)F)cc2C)sc(C(C)=O)c1C. The summed E-state index contributed by atoms with van der Waals surface area (Å²) in [6.45, 7) is 7.59. The summed E-state index contributed by atoms with van der Waals surface area (Å²) in [5.41, 5.74) is -0.258. The summed E-state index contributed by atoms with van der Waals surface area (Å²) in [6.07, 6.45) is -4.58. The van der Waals surface area contributed by atoms with Crippen LogP contribution in [0.2, 0.25) is 0 Å². The molecule has 0 fully saturated rings. The second-order valence-electron chi connectivity index (χ2n) is 6.78. The van der Waals surface area contributed by atoms with Crippen LogP contribution in [0.1, 0.15) is 57.8 Å². The number of hydrogen-bond donors (Lipinski definition) is 1. The first-order chi connectivity index (χ1) is 13.9. The first-order valence-electron chi connectivity index (χ1n) is 9.10. The molecule has 0 saturated heterocycles. The number of halogens is 3. The highest BCUT2D eigenvalue weighted by Gasteiger charge is 2.34. The average Bonchev–Trinajstić information content (AvgIpc) is 3.15. The third kappa shape index (κ3) is 5.07. The Bertz CT molecular complexity index is 979. The van der Waals surface area contributed by atoms with E-state index in [4.69, 9.17) is 4.74 Å². The second-order valence-corrected chi connectivity index (χ2v) is 7.80. The van der Waals surface area contributed by atoms with Gasteiger partial charge in [0.15, 0.2) is 11.5 Å². The Kier molecular flexibility index (Phi) is 7.06. The molecule has 0 spiro atoms. The minimum Gasteiger partial charge on any atom is -0.462 e. The van der Waals surface area contributed by atoms with Crippen molar-refractivity contribution in [1.29, 1.82) is 0 Å². The lowest BCUT2D eigenvalue weighted by Crippen LogP contribution is -2.26. The topological polar surface area (TPSA) is 90.3 Å². The molecule has 11 heteroatoms. The first-order valence-corrected chi connectivity index (χ1v) is 9.92. The summed E-state index contributed by atoms with van der Waals surface area (Å²) < 4.78 is 44.6. The van der Waals surface area contributed by atoms with E-state index in [9.17, 15) is 27.6 Å². The van der Waals surface area contributed by atoms with Crippen LogP contribution in [0, 0.1) is 19.8 Å². The molecule has 1 atom stereocenters. The lowest BCUT2D eigenvalue weighted by Gasteiger charge is -2.14. The number of thiophene rings is 1. The number of alkyl halides is 3. The molecule has 0 radical (unpaired) electrons. The third-order valence-electron chi connectivity index (χ3n) is 4.35. The highest BCUT2D eigenvalue weighted by Crippen LogP contribution is 2.34. The molecule has 0 aliphatic heterocycles. The summed E-state index contributed by atoms with van der Waals surface area (Å²) in [5.74, 6) is -2.22. The van der Waals surface area contributed by atoms with Gasteiger partial charge in [0, 0.05) is 5.69 Å². The monoisotopic (exact) mass is 445 g/mol. The van der Waals surface area contributed by atoms with Crippen LogP contribution < -0.4 is 5.32 Å². The molecule has 2 aromatic rings. The molecule has 164 valence electrons. The Balaban J connectivity index is 2.25. The molecule has 2 heterocycles. The maximum atomic E-state index is 12.8. The molecular formula is C19H22F3N3O4S. The predicted molar refractivity (Wildman–Crippen MR) is 105 cm³/mol.